The van der Waals surface area contributed by atoms with E-state index in [-0.39, 0.29) is 0 Å². The molecule has 0 spiro atoms. The lowest BCUT2D eigenvalue weighted by Gasteiger charge is -2.04. The monoisotopic (exact) mass is 234 g/mol. The van der Waals surface area contributed by atoms with Crippen LogP contribution in [0.25, 0.3) is 0 Å². The fraction of sp³-hybridized carbons (Fsp3) is 0.364. The van der Waals surface area contributed by atoms with Gasteiger partial charge < -0.3 is 14.5 Å². The molecule has 0 radical (unpaired) electrons. The number of aromatic nitrogens is 3. The van der Waals surface area contributed by atoms with Crippen LogP contribution in [0.1, 0.15) is 18.7 Å². The second-order valence-corrected chi connectivity index (χ2v) is 3.39. The third-order valence-corrected chi connectivity index (χ3v) is 2.04. The molecule has 2 aromatic heterocycles. The number of anilines is 1. The molecule has 0 aliphatic carbocycles. The van der Waals surface area contributed by atoms with Crippen LogP contribution < -0.4 is 10.1 Å². The number of rotatable bonds is 5. The van der Waals surface area contributed by atoms with Crippen LogP contribution in [0.3, 0.4) is 0 Å². The molecule has 0 saturated carbocycles. The van der Waals surface area contributed by atoms with Crippen molar-refractivity contribution in [2.45, 2.75) is 20.4 Å². The first-order chi connectivity index (χ1) is 8.28. The summed E-state index contributed by atoms with van der Waals surface area (Å²) < 4.78 is 10.5. The summed E-state index contributed by atoms with van der Waals surface area (Å²) in [5.41, 5.74) is 0.879. The van der Waals surface area contributed by atoms with Crippen molar-refractivity contribution in [2.75, 3.05) is 11.9 Å². The first kappa shape index (κ1) is 11.4. The van der Waals surface area contributed by atoms with Gasteiger partial charge in [0.1, 0.15) is 0 Å². The van der Waals surface area contributed by atoms with Crippen LogP contribution in [0.4, 0.5) is 5.69 Å². The zero-order chi connectivity index (χ0) is 12.1. The van der Waals surface area contributed by atoms with Crippen molar-refractivity contribution >= 4 is 5.69 Å². The predicted octanol–water partition coefficient (Wildman–Crippen LogP) is 1.78. The van der Waals surface area contributed by atoms with Crippen LogP contribution in [0.5, 0.6) is 5.88 Å². The van der Waals surface area contributed by atoms with E-state index in [0.717, 1.165) is 5.69 Å². The molecule has 2 aromatic rings. The van der Waals surface area contributed by atoms with Crippen LogP contribution >= 0.6 is 0 Å². The summed E-state index contributed by atoms with van der Waals surface area (Å²) in [5, 5.41) is 10.8. The third kappa shape index (κ3) is 3.17. The van der Waals surface area contributed by atoms with E-state index < -0.39 is 0 Å². The highest BCUT2D eigenvalue weighted by Gasteiger charge is 2.02. The number of pyridine rings is 1. The summed E-state index contributed by atoms with van der Waals surface area (Å²) in [7, 11) is 0. The highest BCUT2D eigenvalue weighted by Crippen LogP contribution is 2.12. The van der Waals surface area contributed by atoms with Gasteiger partial charge in [0.2, 0.25) is 17.7 Å². The molecular formula is C11H14N4O2. The molecular weight excluding hydrogens is 220 g/mol. The lowest BCUT2D eigenvalue weighted by Crippen LogP contribution is -2.01. The van der Waals surface area contributed by atoms with E-state index in [1.807, 2.05) is 19.1 Å². The summed E-state index contributed by atoms with van der Waals surface area (Å²) >= 11 is 0. The molecule has 0 fully saturated rings. The fourth-order valence-corrected chi connectivity index (χ4v) is 1.30. The molecule has 2 heterocycles. The lowest BCUT2D eigenvalue weighted by atomic mass is 10.4. The van der Waals surface area contributed by atoms with Crippen molar-refractivity contribution in [3.63, 3.8) is 0 Å². The van der Waals surface area contributed by atoms with Crippen molar-refractivity contribution in [3.05, 3.63) is 30.1 Å². The van der Waals surface area contributed by atoms with Gasteiger partial charge in [0.05, 0.1) is 25.0 Å². The van der Waals surface area contributed by atoms with Crippen molar-refractivity contribution in [2.24, 2.45) is 0 Å². The maximum atomic E-state index is 5.25. The Labute approximate surface area is 99.0 Å². The number of hydrogen-bond acceptors (Lipinski definition) is 6. The minimum Gasteiger partial charge on any atom is -0.478 e. The van der Waals surface area contributed by atoms with Crippen LogP contribution in [0.2, 0.25) is 0 Å². The largest absolute Gasteiger partial charge is 0.478 e. The van der Waals surface area contributed by atoms with Gasteiger partial charge in [-0.05, 0) is 13.0 Å². The molecule has 0 saturated heterocycles. The van der Waals surface area contributed by atoms with E-state index in [2.05, 4.69) is 20.5 Å². The topological polar surface area (TPSA) is 73.1 Å². The Hall–Kier alpha value is -2.11. The van der Waals surface area contributed by atoms with Gasteiger partial charge in [-0.1, -0.05) is 0 Å². The Morgan fingerprint density at radius 2 is 2.24 bits per heavy atom. The molecule has 0 aliphatic heterocycles. The van der Waals surface area contributed by atoms with Gasteiger partial charge >= 0.3 is 0 Å². The molecule has 0 atom stereocenters. The van der Waals surface area contributed by atoms with Crippen LogP contribution in [0, 0.1) is 6.92 Å². The van der Waals surface area contributed by atoms with Crippen LogP contribution in [0.15, 0.2) is 22.7 Å². The number of ether oxygens (including phenoxy) is 1. The number of nitrogens with zero attached hydrogens (tertiary/aromatic N) is 3. The summed E-state index contributed by atoms with van der Waals surface area (Å²) in [6.45, 7) is 4.78. The molecule has 1 N–H and O–H groups in total. The molecule has 0 bridgehead atoms. The molecule has 0 amide bonds. The first-order valence-corrected chi connectivity index (χ1v) is 5.39. The molecule has 6 heteroatoms. The summed E-state index contributed by atoms with van der Waals surface area (Å²) in [6.07, 6.45) is 1.70. The van der Waals surface area contributed by atoms with Gasteiger partial charge in [-0.15, -0.1) is 10.2 Å². The van der Waals surface area contributed by atoms with Gasteiger partial charge in [-0.3, -0.25) is 0 Å². The zero-order valence-electron chi connectivity index (χ0n) is 9.80. The molecule has 2 rings (SSSR count). The number of aryl methyl sites for hydroxylation is 1. The molecule has 90 valence electrons. The SMILES string of the molecule is CCOc1ccc(NCc2nnc(C)o2)cn1. The van der Waals surface area contributed by atoms with Crippen molar-refractivity contribution in [1.82, 2.24) is 15.2 Å². The van der Waals surface area contributed by atoms with Crippen molar-refractivity contribution < 1.29 is 9.15 Å². The van der Waals surface area contributed by atoms with Gasteiger partial charge in [0.15, 0.2) is 0 Å². The Morgan fingerprint density at radius 3 is 2.82 bits per heavy atom. The smallest absolute Gasteiger partial charge is 0.235 e. The van der Waals surface area contributed by atoms with E-state index in [4.69, 9.17) is 9.15 Å². The van der Waals surface area contributed by atoms with Crippen LogP contribution in [-0.2, 0) is 6.54 Å². The van der Waals surface area contributed by atoms with Crippen molar-refractivity contribution in [3.8, 4) is 5.88 Å². The Bertz CT molecular complexity index is 467. The minimum absolute atomic E-state index is 0.483. The minimum atomic E-state index is 0.483. The van der Waals surface area contributed by atoms with E-state index in [1.54, 1.807) is 13.1 Å². The predicted molar refractivity (Wildman–Crippen MR) is 61.8 cm³/mol. The Kier molecular flexibility index (Phi) is 3.54. The zero-order valence-corrected chi connectivity index (χ0v) is 9.80. The van der Waals surface area contributed by atoms with E-state index in [9.17, 15) is 0 Å². The van der Waals surface area contributed by atoms with Crippen molar-refractivity contribution in [1.29, 1.82) is 0 Å². The summed E-state index contributed by atoms with van der Waals surface area (Å²) in [4.78, 5) is 4.13. The Morgan fingerprint density at radius 1 is 1.35 bits per heavy atom. The second-order valence-electron chi connectivity index (χ2n) is 3.39. The standard InChI is InChI=1S/C11H14N4O2/c1-3-16-10-5-4-9(6-13-10)12-7-11-15-14-8(2)17-11/h4-6,12H,3,7H2,1-2H3. The molecule has 0 aromatic carbocycles. The quantitative estimate of drug-likeness (QED) is 0.850. The van der Waals surface area contributed by atoms with E-state index >= 15 is 0 Å². The molecule has 0 aliphatic rings. The fourth-order valence-electron chi connectivity index (χ4n) is 1.30. The molecule has 6 nitrogen and oxygen atoms in total. The van der Waals surface area contributed by atoms with Crippen LogP contribution in [-0.4, -0.2) is 21.8 Å². The van der Waals surface area contributed by atoms with Gasteiger partial charge in [-0.25, -0.2) is 4.98 Å². The average Bonchev–Trinajstić information content (AvgIpc) is 2.75. The molecule has 17 heavy (non-hydrogen) atoms. The number of nitrogens with one attached hydrogen (secondary N) is 1. The summed E-state index contributed by atoms with van der Waals surface area (Å²) in [5.74, 6) is 1.73. The van der Waals surface area contributed by atoms with Gasteiger partial charge in [0.25, 0.3) is 0 Å². The Balaban J connectivity index is 1.90. The highest BCUT2D eigenvalue weighted by molar-refractivity contribution is 5.41. The maximum Gasteiger partial charge on any atom is 0.235 e. The van der Waals surface area contributed by atoms with Gasteiger partial charge in [-0.2, -0.15) is 0 Å². The normalized spacial score (nSPS) is 10.2. The van der Waals surface area contributed by atoms with Gasteiger partial charge in [0, 0.05) is 13.0 Å². The van der Waals surface area contributed by atoms with E-state index in [1.165, 1.54) is 0 Å². The second kappa shape index (κ2) is 5.29. The lowest BCUT2D eigenvalue weighted by molar-refractivity contribution is 0.327. The number of hydrogen-bond donors (Lipinski definition) is 1. The van der Waals surface area contributed by atoms with E-state index in [0.29, 0.717) is 30.8 Å². The maximum absolute atomic E-state index is 5.25. The highest BCUT2D eigenvalue weighted by atomic mass is 16.5. The molecule has 0 unspecified atom stereocenters. The average molecular weight is 234 g/mol. The third-order valence-electron chi connectivity index (χ3n) is 2.04. The summed E-state index contributed by atoms with van der Waals surface area (Å²) in [6, 6.07) is 3.70. The first-order valence-electron chi connectivity index (χ1n) is 5.39.